The van der Waals surface area contributed by atoms with Gasteiger partial charge in [-0.3, -0.25) is 14.9 Å². The third kappa shape index (κ3) is 11.2. The first kappa shape index (κ1) is 52.7. The van der Waals surface area contributed by atoms with Crippen molar-refractivity contribution in [2.45, 2.75) is 88.9 Å². The maximum Gasteiger partial charge on any atom is 0.259 e. The molecule has 1 aliphatic carbocycles. The molecule has 3 heterocycles. The van der Waals surface area contributed by atoms with Gasteiger partial charge in [0.25, 0.3) is 11.8 Å². The van der Waals surface area contributed by atoms with Crippen LogP contribution in [0.1, 0.15) is 77.6 Å². The van der Waals surface area contributed by atoms with Gasteiger partial charge in [0.1, 0.15) is 49.1 Å². The summed E-state index contributed by atoms with van der Waals surface area (Å²) in [6.07, 6.45) is -2.36. The summed E-state index contributed by atoms with van der Waals surface area (Å²) < 4.78 is 49.2. The number of aromatic nitrogens is 1. The van der Waals surface area contributed by atoms with Gasteiger partial charge in [-0.1, -0.05) is 188 Å². The van der Waals surface area contributed by atoms with Crippen LogP contribution in [0.2, 0.25) is 0 Å². The van der Waals surface area contributed by atoms with Gasteiger partial charge >= 0.3 is 0 Å². The summed E-state index contributed by atoms with van der Waals surface area (Å²) in [6.45, 7) is 2.10. The Kier molecular flexibility index (Phi) is 15.5. The normalized spacial score (nSPS) is 19.3. The number of H-pyrrole nitrogens is 1. The fraction of sp³-hybridized carbons (Fsp3) is 0.211. The van der Waals surface area contributed by atoms with Gasteiger partial charge in [0.05, 0.1) is 61.3 Å². The molecule has 410 valence electrons. The third-order valence-corrected chi connectivity index (χ3v) is 16.0. The lowest BCUT2D eigenvalue weighted by molar-refractivity contribution is -0.276. The molecule has 9 aromatic carbocycles. The largest absolute Gasteiger partial charge is 0.489 e. The van der Waals surface area contributed by atoms with Crippen molar-refractivity contribution in [1.29, 1.82) is 0 Å². The van der Waals surface area contributed by atoms with Crippen LogP contribution >= 0.6 is 0 Å². The second-order valence-corrected chi connectivity index (χ2v) is 21.3. The number of hydrogen-bond acceptors (Lipinski definition) is 9. The molecular formula is C71H62N2O9. The fourth-order valence-corrected chi connectivity index (χ4v) is 12.1. The molecule has 0 saturated carbocycles. The Morgan fingerprint density at radius 3 is 1.50 bits per heavy atom. The molecule has 6 unspecified atom stereocenters. The molecule has 13 rings (SSSR count). The van der Waals surface area contributed by atoms with Crippen molar-refractivity contribution < 1.29 is 42.7 Å². The van der Waals surface area contributed by atoms with Crippen LogP contribution in [-0.4, -0.2) is 53.9 Å². The molecule has 0 spiro atoms. The highest BCUT2D eigenvalue weighted by molar-refractivity contribution is 6.33. The molecule has 1 fully saturated rings. The minimum absolute atomic E-state index is 0.185. The van der Waals surface area contributed by atoms with E-state index in [-0.39, 0.29) is 19.8 Å². The van der Waals surface area contributed by atoms with Gasteiger partial charge in [0, 0.05) is 28.3 Å². The molecule has 11 heteroatoms. The number of carbonyl (C=O) groups excluding carboxylic acids is 2. The monoisotopic (exact) mass is 1090 g/mol. The lowest BCUT2D eigenvalue weighted by Crippen LogP contribution is -2.62. The predicted octanol–water partition coefficient (Wildman–Crippen LogP) is 13.8. The Morgan fingerprint density at radius 2 is 0.939 bits per heavy atom. The highest BCUT2D eigenvalue weighted by atomic mass is 16.6. The van der Waals surface area contributed by atoms with Crippen LogP contribution in [0.15, 0.2) is 218 Å². The van der Waals surface area contributed by atoms with Crippen molar-refractivity contribution in [3.8, 4) is 22.6 Å². The van der Waals surface area contributed by atoms with E-state index in [2.05, 4.69) is 64.9 Å². The summed E-state index contributed by atoms with van der Waals surface area (Å²) in [5, 5.41) is 4.23. The van der Waals surface area contributed by atoms with Crippen LogP contribution in [0.25, 0.3) is 32.9 Å². The molecule has 11 nitrogen and oxygen atoms in total. The molecular weight excluding hydrogens is 1020 g/mol. The summed E-state index contributed by atoms with van der Waals surface area (Å²) in [7, 11) is 0. The number of aryl methyl sites for hydroxylation is 1. The van der Waals surface area contributed by atoms with Gasteiger partial charge in [-0.25, -0.2) is 0 Å². The van der Waals surface area contributed by atoms with E-state index in [1.54, 1.807) is 0 Å². The minimum atomic E-state index is -0.721. The van der Waals surface area contributed by atoms with Gasteiger partial charge in [0.2, 0.25) is 0 Å². The van der Waals surface area contributed by atoms with E-state index in [1.165, 1.54) is 0 Å². The van der Waals surface area contributed by atoms with E-state index >= 15 is 0 Å². The fourth-order valence-electron chi connectivity index (χ4n) is 12.1. The number of nitrogens with one attached hydrogen (secondary N) is 2. The number of benzene rings is 9. The second kappa shape index (κ2) is 24.2. The van der Waals surface area contributed by atoms with Gasteiger partial charge in [-0.05, 0) is 87.2 Å². The smallest absolute Gasteiger partial charge is 0.259 e. The van der Waals surface area contributed by atoms with Gasteiger partial charge in [-0.2, -0.15) is 0 Å². The average molecular weight is 1090 g/mol. The number of amides is 2. The Bertz CT molecular complexity index is 3820. The molecule has 2 N–H and O–H groups in total. The Labute approximate surface area is 476 Å². The van der Waals surface area contributed by atoms with E-state index in [9.17, 15) is 9.59 Å². The quantitative estimate of drug-likeness (QED) is 0.0717. The first-order valence-corrected chi connectivity index (χ1v) is 28.2. The summed E-state index contributed by atoms with van der Waals surface area (Å²) in [5.74, 6) is 0.0282. The van der Waals surface area contributed by atoms with E-state index in [4.69, 9.17) is 33.2 Å². The number of imide groups is 1. The highest BCUT2D eigenvalue weighted by Crippen LogP contribution is 2.51. The van der Waals surface area contributed by atoms with Gasteiger partial charge in [-0.15, -0.1) is 0 Å². The summed E-state index contributed by atoms with van der Waals surface area (Å²) in [5.41, 5.74) is 11.7. The van der Waals surface area contributed by atoms with Gasteiger partial charge < -0.3 is 38.1 Å². The van der Waals surface area contributed by atoms with Crippen LogP contribution in [-0.2, 0) is 69.7 Å². The van der Waals surface area contributed by atoms with Crippen LogP contribution in [0.5, 0.6) is 11.5 Å². The van der Waals surface area contributed by atoms with Crippen LogP contribution in [0, 0.1) is 0 Å². The first-order chi connectivity index (χ1) is 40.5. The zero-order chi connectivity index (χ0) is 55.2. The maximum absolute atomic E-state index is 14.6. The van der Waals surface area contributed by atoms with Crippen LogP contribution < -0.4 is 14.8 Å². The topological polar surface area (TPSA) is 127 Å². The molecule has 1 saturated heterocycles. The zero-order valence-electron chi connectivity index (χ0n) is 45.3. The summed E-state index contributed by atoms with van der Waals surface area (Å²) >= 11 is 0. The molecule has 0 radical (unpaired) electrons. The number of carbonyl (C=O) groups is 2. The van der Waals surface area contributed by atoms with E-state index in [1.807, 2.05) is 164 Å². The first-order valence-electron chi connectivity index (χ1n) is 28.2. The third-order valence-electron chi connectivity index (χ3n) is 16.0. The van der Waals surface area contributed by atoms with Gasteiger partial charge in [0.15, 0.2) is 0 Å². The second-order valence-electron chi connectivity index (χ2n) is 21.3. The maximum atomic E-state index is 14.6. The Hall–Kier alpha value is -8.68. The zero-order valence-corrected chi connectivity index (χ0v) is 45.3. The predicted molar refractivity (Wildman–Crippen MR) is 315 cm³/mol. The van der Waals surface area contributed by atoms with E-state index in [0.29, 0.717) is 72.8 Å². The molecule has 82 heavy (non-hydrogen) atoms. The Morgan fingerprint density at radius 1 is 0.463 bits per heavy atom. The van der Waals surface area contributed by atoms with E-state index < -0.39 is 48.3 Å². The number of ether oxygens (including phenoxy) is 7. The highest BCUT2D eigenvalue weighted by Gasteiger charge is 2.52. The lowest BCUT2D eigenvalue weighted by atomic mass is 9.80. The van der Waals surface area contributed by atoms with Crippen molar-refractivity contribution >= 4 is 33.6 Å². The average Bonchev–Trinajstić information content (AvgIpc) is 2.31. The van der Waals surface area contributed by atoms with Crippen molar-refractivity contribution in [2.24, 2.45) is 0 Å². The molecule has 2 aliphatic heterocycles. The molecule has 0 bridgehead atoms. The molecule has 2 amide bonds. The van der Waals surface area contributed by atoms with Crippen molar-refractivity contribution in [3.05, 3.63) is 274 Å². The van der Waals surface area contributed by atoms with Crippen molar-refractivity contribution in [2.75, 3.05) is 6.61 Å². The van der Waals surface area contributed by atoms with Crippen molar-refractivity contribution in [1.82, 2.24) is 10.3 Å². The molecule has 1 aromatic heterocycles. The summed E-state index contributed by atoms with van der Waals surface area (Å²) in [6, 6.07) is 72.7. The number of aromatic amines is 1. The molecule has 6 atom stereocenters. The number of rotatable bonds is 20. The van der Waals surface area contributed by atoms with Crippen LogP contribution in [0.4, 0.5) is 0 Å². The minimum Gasteiger partial charge on any atom is -0.489 e. The summed E-state index contributed by atoms with van der Waals surface area (Å²) in [4.78, 5) is 32.8. The number of fused-ring (bicyclic) bond motifs is 10. The Balaban J connectivity index is 0.966. The number of hydrogen-bond donors (Lipinski definition) is 2. The SMILES string of the molecule is O=C1NC(=O)c2c1c1c(c3[nH]c4cc(OCc5ccccc5)ccc4c23)CCC(C2OC(COCc3ccccc3)C(OCc3ccccc3)C(OCc3ccccc3)C2OCc2ccccc2)c2cc(OCc3ccccc3)ccc2-1. The van der Waals surface area contributed by atoms with Crippen LogP contribution in [0.3, 0.4) is 0 Å². The molecule has 10 aromatic rings. The lowest BCUT2D eigenvalue weighted by Gasteiger charge is -2.48. The van der Waals surface area contributed by atoms with E-state index in [0.717, 1.165) is 66.5 Å². The standard InChI is InChI=1S/C71H62N2O9/c74-70-63-61-54-33-31-52(77-40-47-21-9-2-10-22-47)37-58(54)55(35-36-57(61)65-62(64(63)71(75)73-70)56-34-32-53(38-59(56)72-65)78-41-48-23-11-3-12-24-48)66-68(80-43-50-27-15-5-16-28-50)69(81-44-51-29-17-6-18-30-51)67(79-42-49-25-13-4-14-26-49)60(82-66)45-76-39-46-19-7-1-8-20-46/h1-34,37-38,55,60,66-69,72H,35-36,39-45H2,(H,73,74,75). The van der Waals surface area contributed by atoms with Crippen molar-refractivity contribution in [3.63, 3.8) is 0 Å². The molecule has 3 aliphatic rings.